The molecular formula is C13H26N2O4. The van der Waals surface area contributed by atoms with Crippen LogP contribution in [0.2, 0.25) is 0 Å². The minimum atomic E-state index is -0.913. The van der Waals surface area contributed by atoms with Crippen molar-refractivity contribution in [2.45, 2.75) is 52.6 Å². The lowest BCUT2D eigenvalue weighted by molar-refractivity contribution is -0.137. The van der Waals surface area contributed by atoms with E-state index in [1.165, 1.54) is 4.90 Å². The standard InChI is InChI=1S/C13H26N2O4/c1-6-19-9-10(2)14-12(18)15(13(3,4)5)8-7-11(16)17/h10H,6-9H2,1-5H3,(H,14,18)(H,16,17). The number of nitrogens with zero attached hydrogens (tertiary/aromatic N) is 1. The first-order valence-electron chi connectivity index (χ1n) is 6.56. The predicted octanol–water partition coefficient (Wildman–Crippen LogP) is 1.70. The Labute approximate surface area is 115 Å². The number of urea groups is 1. The lowest BCUT2D eigenvalue weighted by atomic mass is 10.1. The van der Waals surface area contributed by atoms with Gasteiger partial charge in [0.05, 0.1) is 19.1 Å². The Morgan fingerprint density at radius 3 is 2.37 bits per heavy atom. The molecule has 19 heavy (non-hydrogen) atoms. The van der Waals surface area contributed by atoms with Gasteiger partial charge in [-0.15, -0.1) is 0 Å². The van der Waals surface area contributed by atoms with Crippen molar-refractivity contribution in [3.8, 4) is 0 Å². The SMILES string of the molecule is CCOCC(C)NC(=O)N(CCC(=O)O)C(C)(C)C. The zero-order valence-corrected chi connectivity index (χ0v) is 12.5. The second-order valence-corrected chi connectivity index (χ2v) is 5.48. The van der Waals surface area contributed by atoms with E-state index < -0.39 is 11.5 Å². The average molecular weight is 274 g/mol. The molecule has 0 radical (unpaired) electrons. The number of carboxylic acids is 1. The van der Waals surface area contributed by atoms with Gasteiger partial charge in [-0.1, -0.05) is 0 Å². The van der Waals surface area contributed by atoms with Crippen molar-refractivity contribution in [1.82, 2.24) is 10.2 Å². The number of ether oxygens (including phenoxy) is 1. The largest absolute Gasteiger partial charge is 0.481 e. The fraction of sp³-hybridized carbons (Fsp3) is 0.846. The number of carbonyl (C=O) groups is 2. The quantitative estimate of drug-likeness (QED) is 0.740. The molecule has 0 aromatic carbocycles. The maximum atomic E-state index is 12.1. The first-order chi connectivity index (χ1) is 8.68. The number of hydrogen-bond donors (Lipinski definition) is 2. The summed E-state index contributed by atoms with van der Waals surface area (Å²) in [6.45, 7) is 10.6. The molecule has 0 aliphatic carbocycles. The molecule has 0 saturated heterocycles. The summed E-state index contributed by atoms with van der Waals surface area (Å²) >= 11 is 0. The molecule has 0 aromatic rings. The zero-order chi connectivity index (χ0) is 15.1. The zero-order valence-electron chi connectivity index (χ0n) is 12.5. The summed E-state index contributed by atoms with van der Waals surface area (Å²) < 4.78 is 5.23. The molecular weight excluding hydrogens is 248 g/mol. The van der Waals surface area contributed by atoms with Crippen LogP contribution in [-0.2, 0) is 9.53 Å². The van der Waals surface area contributed by atoms with Gasteiger partial charge < -0.3 is 20.1 Å². The van der Waals surface area contributed by atoms with Crippen molar-refractivity contribution in [3.05, 3.63) is 0 Å². The lowest BCUT2D eigenvalue weighted by Crippen LogP contribution is -2.53. The molecule has 0 aliphatic heterocycles. The molecule has 6 heteroatoms. The maximum Gasteiger partial charge on any atom is 0.318 e. The third-order valence-electron chi connectivity index (χ3n) is 2.55. The molecule has 0 aliphatic rings. The van der Waals surface area contributed by atoms with E-state index in [9.17, 15) is 9.59 Å². The van der Waals surface area contributed by atoms with Gasteiger partial charge >= 0.3 is 12.0 Å². The van der Waals surface area contributed by atoms with E-state index in [0.717, 1.165) is 0 Å². The molecule has 6 nitrogen and oxygen atoms in total. The van der Waals surface area contributed by atoms with Crippen molar-refractivity contribution in [1.29, 1.82) is 0 Å². The molecule has 112 valence electrons. The molecule has 1 unspecified atom stereocenters. The fourth-order valence-corrected chi connectivity index (χ4v) is 1.57. The van der Waals surface area contributed by atoms with Crippen molar-refractivity contribution in [3.63, 3.8) is 0 Å². The number of aliphatic carboxylic acids is 1. The van der Waals surface area contributed by atoms with Crippen LogP contribution in [0.15, 0.2) is 0 Å². The van der Waals surface area contributed by atoms with Gasteiger partial charge in [-0.2, -0.15) is 0 Å². The Kier molecular flexibility index (Phi) is 7.44. The molecule has 2 N–H and O–H groups in total. The molecule has 0 spiro atoms. The summed E-state index contributed by atoms with van der Waals surface area (Å²) in [5.74, 6) is -0.913. The Balaban J connectivity index is 4.50. The van der Waals surface area contributed by atoms with Crippen LogP contribution in [0.5, 0.6) is 0 Å². The Hall–Kier alpha value is -1.30. The highest BCUT2D eigenvalue weighted by atomic mass is 16.5. The van der Waals surface area contributed by atoms with E-state index >= 15 is 0 Å². The normalized spacial score (nSPS) is 12.9. The highest BCUT2D eigenvalue weighted by Crippen LogP contribution is 2.14. The average Bonchev–Trinajstić information content (AvgIpc) is 2.24. The summed E-state index contributed by atoms with van der Waals surface area (Å²) in [5.41, 5.74) is -0.426. The van der Waals surface area contributed by atoms with Crippen LogP contribution in [-0.4, -0.2) is 53.3 Å². The van der Waals surface area contributed by atoms with Crippen molar-refractivity contribution >= 4 is 12.0 Å². The van der Waals surface area contributed by atoms with E-state index in [-0.39, 0.29) is 25.0 Å². The van der Waals surface area contributed by atoms with E-state index in [0.29, 0.717) is 13.2 Å². The first kappa shape index (κ1) is 17.7. The number of nitrogens with one attached hydrogen (secondary N) is 1. The molecule has 0 saturated carbocycles. The number of carboxylic acid groups (broad SMARTS) is 1. The molecule has 1 atom stereocenters. The van der Waals surface area contributed by atoms with Crippen LogP contribution < -0.4 is 5.32 Å². The van der Waals surface area contributed by atoms with E-state index in [1.807, 2.05) is 34.6 Å². The molecule has 0 fully saturated rings. The van der Waals surface area contributed by atoms with Gasteiger partial charge in [-0.25, -0.2) is 4.79 Å². The third kappa shape index (κ3) is 7.66. The van der Waals surface area contributed by atoms with Gasteiger partial charge in [0.15, 0.2) is 0 Å². The maximum absolute atomic E-state index is 12.1. The van der Waals surface area contributed by atoms with Gasteiger partial charge in [0.25, 0.3) is 0 Å². The minimum absolute atomic E-state index is 0.0649. The predicted molar refractivity (Wildman–Crippen MR) is 73.2 cm³/mol. The topological polar surface area (TPSA) is 78.9 Å². The first-order valence-corrected chi connectivity index (χ1v) is 6.56. The Morgan fingerprint density at radius 1 is 1.37 bits per heavy atom. The van der Waals surface area contributed by atoms with Crippen molar-refractivity contribution in [2.75, 3.05) is 19.8 Å². The van der Waals surface area contributed by atoms with Gasteiger partial charge in [-0.3, -0.25) is 4.79 Å². The van der Waals surface area contributed by atoms with Crippen LogP contribution in [0.1, 0.15) is 41.0 Å². The second kappa shape index (κ2) is 7.99. The number of hydrogen-bond acceptors (Lipinski definition) is 3. The van der Waals surface area contributed by atoms with Crippen LogP contribution in [0.25, 0.3) is 0 Å². The summed E-state index contributed by atoms with van der Waals surface area (Å²) in [7, 11) is 0. The van der Waals surface area contributed by atoms with Gasteiger partial charge in [0.1, 0.15) is 0 Å². The van der Waals surface area contributed by atoms with Gasteiger partial charge in [0, 0.05) is 18.7 Å². The highest BCUT2D eigenvalue weighted by molar-refractivity contribution is 5.76. The van der Waals surface area contributed by atoms with Crippen molar-refractivity contribution < 1.29 is 19.4 Å². The smallest absolute Gasteiger partial charge is 0.318 e. The van der Waals surface area contributed by atoms with E-state index in [2.05, 4.69) is 5.32 Å². The summed E-state index contributed by atoms with van der Waals surface area (Å²) in [4.78, 5) is 24.3. The number of amides is 2. The van der Waals surface area contributed by atoms with E-state index in [1.54, 1.807) is 0 Å². The van der Waals surface area contributed by atoms with Crippen LogP contribution in [0.3, 0.4) is 0 Å². The minimum Gasteiger partial charge on any atom is -0.481 e. The Bertz CT molecular complexity index is 300. The highest BCUT2D eigenvalue weighted by Gasteiger charge is 2.27. The molecule has 2 amide bonds. The number of rotatable bonds is 7. The molecule has 0 aromatic heterocycles. The van der Waals surface area contributed by atoms with Gasteiger partial charge in [0.2, 0.25) is 0 Å². The summed E-state index contributed by atoms with van der Waals surface area (Å²) in [5, 5.41) is 11.5. The second-order valence-electron chi connectivity index (χ2n) is 5.48. The molecule has 0 bridgehead atoms. The van der Waals surface area contributed by atoms with Crippen molar-refractivity contribution in [2.24, 2.45) is 0 Å². The molecule has 0 heterocycles. The Morgan fingerprint density at radius 2 is 1.95 bits per heavy atom. The van der Waals surface area contributed by atoms with Gasteiger partial charge in [-0.05, 0) is 34.6 Å². The summed E-state index contributed by atoms with van der Waals surface area (Å²) in [6.07, 6.45) is -0.0649. The molecule has 0 rings (SSSR count). The van der Waals surface area contributed by atoms with Crippen LogP contribution >= 0.6 is 0 Å². The fourth-order valence-electron chi connectivity index (χ4n) is 1.57. The van der Waals surface area contributed by atoms with Crippen LogP contribution in [0.4, 0.5) is 4.79 Å². The lowest BCUT2D eigenvalue weighted by Gasteiger charge is -2.36. The van der Waals surface area contributed by atoms with E-state index in [4.69, 9.17) is 9.84 Å². The monoisotopic (exact) mass is 274 g/mol. The van der Waals surface area contributed by atoms with Crippen LogP contribution in [0, 0.1) is 0 Å². The summed E-state index contributed by atoms with van der Waals surface area (Å²) in [6, 6.07) is -0.372. The number of carbonyl (C=O) groups excluding carboxylic acids is 1. The third-order valence-corrected chi connectivity index (χ3v) is 2.55.